The van der Waals surface area contributed by atoms with E-state index in [4.69, 9.17) is 4.43 Å². The Hall–Kier alpha value is 0.177. The van der Waals surface area contributed by atoms with Crippen molar-refractivity contribution in [1.82, 2.24) is 0 Å². The van der Waals surface area contributed by atoms with Crippen LogP contribution in [0.5, 0.6) is 0 Å². The van der Waals surface area contributed by atoms with Crippen LogP contribution in [0.3, 0.4) is 0 Å². The van der Waals surface area contributed by atoms with Crippen molar-refractivity contribution in [2.75, 3.05) is 6.61 Å². The van der Waals surface area contributed by atoms with Gasteiger partial charge in [-0.15, -0.1) is 0 Å². The van der Waals surface area contributed by atoms with Crippen LogP contribution in [-0.2, 0) is 4.43 Å². The zero-order chi connectivity index (χ0) is 11.5. The molecule has 0 spiro atoms. The van der Waals surface area contributed by atoms with E-state index in [-0.39, 0.29) is 0 Å². The lowest BCUT2D eigenvalue weighted by Crippen LogP contribution is -2.41. The lowest BCUT2D eigenvalue weighted by Gasteiger charge is -2.36. The molecule has 0 aromatic carbocycles. The summed E-state index contributed by atoms with van der Waals surface area (Å²) in [6.07, 6.45) is 7.09. The Bertz CT molecular complexity index is 187. The first-order valence-corrected chi connectivity index (χ1v) is 9.38. The molecule has 0 aromatic rings. The van der Waals surface area contributed by atoms with Gasteiger partial charge in [-0.25, -0.2) is 0 Å². The molecule has 0 bridgehead atoms. The van der Waals surface area contributed by atoms with Gasteiger partial charge >= 0.3 is 0 Å². The van der Waals surface area contributed by atoms with Crippen LogP contribution in [-0.4, -0.2) is 14.9 Å². The predicted molar refractivity (Wildman–Crippen MR) is 69.7 cm³/mol. The molecule has 0 unspecified atom stereocenters. The van der Waals surface area contributed by atoms with Crippen molar-refractivity contribution in [3.05, 3.63) is 0 Å². The normalized spacial score (nSPS) is 19.8. The molecule has 15 heavy (non-hydrogen) atoms. The van der Waals surface area contributed by atoms with Crippen LogP contribution < -0.4 is 0 Å². The largest absolute Gasteiger partial charge is 0.417 e. The van der Waals surface area contributed by atoms with Crippen molar-refractivity contribution in [3.8, 4) is 0 Å². The monoisotopic (exact) mass is 228 g/mol. The zero-order valence-electron chi connectivity index (χ0n) is 11.2. The summed E-state index contributed by atoms with van der Waals surface area (Å²) in [5.41, 5.74) is 0. The summed E-state index contributed by atoms with van der Waals surface area (Å²) >= 11 is 0. The minimum absolute atomic E-state index is 0.364. The van der Waals surface area contributed by atoms with Crippen LogP contribution in [0.2, 0.25) is 18.1 Å². The zero-order valence-corrected chi connectivity index (χ0v) is 12.2. The molecule has 1 rings (SSSR count). The molecule has 0 N–H and O–H groups in total. The van der Waals surface area contributed by atoms with Gasteiger partial charge in [-0.1, -0.05) is 46.5 Å². The second-order valence-corrected chi connectivity index (χ2v) is 11.4. The summed E-state index contributed by atoms with van der Waals surface area (Å²) in [5.74, 6) is 0.967. The highest BCUT2D eigenvalue weighted by atomic mass is 28.4. The van der Waals surface area contributed by atoms with Gasteiger partial charge in [0.2, 0.25) is 0 Å². The second-order valence-electron chi connectivity index (χ2n) is 6.55. The molecule has 2 heteroatoms. The molecule has 1 aliphatic rings. The minimum Gasteiger partial charge on any atom is -0.417 e. The number of hydrogen-bond acceptors (Lipinski definition) is 1. The molecule has 0 aromatic heterocycles. The Morgan fingerprint density at radius 2 is 1.67 bits per heavy atom. The fourth-order valence-electron chi connectivity index (χ4n) is 2.00. The van der Waals surface area contributed by atoms with Crippen molar-refractivity contribution in [2.24, 2.45) is 5.92 Å². The molecule has 0 heterocycles. The van der Waals surface area contributed by atoms with Crippen molar-refractivity contribution >= 4 is 8.32 Å². The van der Waals surface area contributed by atoms with Crippen molar-refractivity contribution < 1.29 is 4.43 Å². The summed E-state index contributed by atoms with van der Waals surface area (Å²) in [6, 6.07) is 0. The van der Waals surface area contributed by atoms with E-state index in [1.165, 1.54) is 32.1 Å². The maximum absolute atomic E-state index is 6.19. The highest BCUT2D eigenvalue weighted by Crippen LogP contribution is 2.37. The minimum atomic E-state index is -1.48. The first-order chi connectivity index (χ1) is 6.83. The van der Waals surface area contributed by atoms with Crippen LogP contribution in [0.25, 0.3) is 0 Å². The lowest BCUT2D eigenvalue weighted by atomic mass is 10.1. The van der Waals surface area contributed by atoms with E-state index in [0.717, 1.165) is 12.5 Å². The average Bonchev–Trinajstić information content (AvgIpc) is 2.54. The molecule has 0 saturated heterocycles. The van der Waals surface area contributed by atoms with E-state index in [0.29, 0.717) is 5.04 Å². The smallest absolute Gasteiger partial charge is 0.191 e. The van der Waals surface area contributed by atoms with Crippen molar-refractivity contribution in [1.29, 1.82) is 0 Å². The van der Waals surface area contributed by atoms with Crippen LogP contribution in [0.4, 0.5) is 0 Å². The Morgan fingerprint density at radius 1 is 1.13 bits per heavy atom. The van der Waals surface area contributed by atoms with Crippen LogP contribution in [0, 0.1) is 5.92 Å². The van der Waals surface area contributed by atoms with E-state index in [2.05, 4.69) is 33.9 Å². The standard InChI is InChI=1S/C13H28OSi/c1-13(2,3)15(4,5)14-11-10-12-8-6-7-9-12/h12H,6-11H2,1-5H3. The predicted octanol–water partition coefficient (Wildman–Crippen LogP) is 4.59. The summed E-state index contributed by atoms with van der Waals surface area (Å²) in [4.78, 5) is 0. The van der Waals surface area contributed by atoms with Crippen LogP contribution >= 0.6 is 0 Å². The third kappa shape index (κ3) is 3.91. The number of hydrogen-bond donors (Lipinski definition) is 0. The SMILES string of the molecule is CC(C)(C)[Si](C)(C)OCCC1CCCC1. The summed E-state index contributed by atoms with van der Waals surface area (Å²) < 4.78 is 6.19. The maximum atomic E-state index is 6.19. The number of rotatable bonds is 4. The van der Waals surface area contributed by atoms with Crippen molar-refractivity contribution in [2.45, 2.75) is 71.0 Å². The molecule has 1 aliphatic carbocycles. The average molecular weight is 228 g/mol. The molecule has 0 aliphatic heterocycles. The quantitative estimate of drug-likeness (QED) is 0.640. The van der Waals surface area contributed by atoms with Gasteiger partial charge < -0.3 is 4.43 Å². The van der Waals surface area contributed by atoms with Gasteiger partial charge in [-0.3, -0.25) is 0 Å². The van der Waals surface area contributed by atoms with Gasteiger partial charge in [-0.05, 0) is 30.5 Å². The summed E-state index contributed by atoms with van der Waals surface area (Å²) in [5, 5.41) is 0.364. The molecule has 0 radical (unpaired) electrons. The molecule has 0 amide bonds. The van der Waals surface area contributed by atoms with Gasteiger partial charge in [0.1, 0.15) is 0 Å². The van der Waals surface area contributed by atoms with Crippen molar-refractivity contribution in [3.63, 3.8) is 0 Å². The van der Waals surface area contributed by atoms with Gasteiger partial charge in [-0.2, -0.15) is 0 Å². The van der Waals surface area contributed by atoms with Crippen LogP contribution in [0.1, 0.15) is 52.9 Å². The molecule has 0 atom stereocenters. The maximum Gasteiger partial charge on any atom is 0.191 e. The van der Waals surface area contributed by atoms with Gasteiger partial charge in [0.05, 0.1) is 0 Å². The highest BCUT2D eigenvalue weighted by Gasteiger charge is 2.37. The Morgan fingerprint density at radius 3 is 2.13 bits per heavy atom. The lowest BCUT2D eigenvalue weighted by molar-refractivity contribution is 0.256. The first-order valence-electron chi connectivity index (χ1n) is 6.47. The molecule has 1 fully saturated rings. The van der Waals surface area contributed by atoms with E-state index < -0.39 is 8.32 Å². The molecular formula is C13H28OSi. The van der Waals surface area contributed by atoms with Crippen LogP contribution in [0.15, 0.2) is 0 Å². The summed E-state index contributed by atoms with van der Waals surface area (Å²) in [6.45, 7) is 12.6. The van der Waals surface area contributed by atoms with E-state index in [9.17, 15) is 0 Å². The molecule has 1 saturated carbocycles. The topological polar surface area (TPSA) is 9.23 Å². The molecule has 1 nitrogen and oxygen atoms in total. The fourth-order valence-corrected chi connectivity index (χ4v) is 3.06. The van der Waals surface area contributed by atoms with E-state index >= 15 is 0 Å². The first kappa shape index (κ1) is 13.2. The second kappa shape index (κ2) is 5.01. The van der Waals surface area contributed by atoms with Gasteiger partial charge in [0.25, 0.3) is 0 Å². The van der Waals surface area contributed by atoms with E-state index in [1.54, 1.807) is 0 Å². The Balaban J connectivity index is 2.23. The van der Waals surface area contributed by atoms with Gasteiger partial charge in [0.15, 0.2) is 8.32 Å². The third-order valence-corrected chi connectivity index (χ3v) is 8.81. The molecular weight excluding hydrogens is 200 g/mol. The Kier molecular flexibility index (Phi) is 4.42. The highest BCUT2D eigenvalue weighted by molar-refractivity contribution is 6.74. The molecule has 90 valence electrons. The Labute approximate surface area is 96.7 Å². The van der Waals surface area contributed by atoms with E-state index in [1.807, 2.05) is 0 Å². The van der Waals surface area contributed by atoms with Gasteiger partial charge in [0, 0.05) is 6.61 Å². The third-order valence-electron chi connectivity index (χ3n) is 4.27. The fraction of sp³-hybridized carbons (Fsp3) is 1.00. The summed E-state index contributed by atoms with van der Waals surface area (Å²) in [7, 11) is -1.48.